The average molecular weight is 340 g/mol. The summed E-state index contributed by atoms with van der Waals surface area (Å²) in [6.07, 6.45) is 5.81. The van der Waals surface area contributed by atoms with Crippen molar-refractivity contribution >= 4 is 16.9 Å². The predicted octanol–water partition coefficient (Wildman–Crippen LogP) is 1.27. The Morgan fingerprint density at radius 1 is 1.40 bits per heavy atom. The van der Waals surface area contributed by atoms with Crippen LogP contribution in [0.5, 0.6) is 0 Å². The van der Waals surface area contributed by atoms with Gasteiger partial charge < -0.3 is 14.6 Å². The number of fused-ring (bicyclic) bond motifs is 1. The monoisotopic (exact) mass is 340 g/mol. The number of hydrogen-bond acceptors (Lipinski definition) is 5. The molecule has 3 aromatic heterocycles. The lowest BCUT2D eigenvalue weighted by Gasteiger charge is -2.20. The number of aromatic nitrogens is 5. The van der Waals surface area contributed by atoms with Crippen LogP contribution < -0.4 is 5.32 Å². The summed E-state index contributed by atoms with van der Waals surface area (Å²) in [5.74, 6) is 0.679. The Morgan fingerprint density at radius 2 is 2.24 bits per heavy atom. The van der Waals surface area contributed by atoms with Crippen LogP contribution in [0.4, 0.5) is 0 Å². The second-order valence-electron chi connectivity index (χ2n) is 6.37. The largest absolute Gasteiger partial charge is 0.368 e. The lowest BCUT2D eigenvalue weighted by Crippen LogP contribution is -2.37. The maximum atomic E-state index is 12.9. The van der Waals surface area contributed by atoms with E-state index in [4.69, 9.17) is 4.74 Å². The molecule has 1 amide bonds. The molecular formula is C17H20N6O2. The van der Waals surface area contributed by atoms with E-state index in [9.17, 15) is 4.79 Å². The summed E-state index contributed by atoms with van der Waals surface area (Å²) in [5.41, 5.74) is 2.07. The summed E-state index contributed by atoms with van der Waals surface area (Å²) < 4.78 is 9.41. The maximum Gasteiger partial charge on any atom is 0.252 e. The van der Waals surface area contributed by atoms with Gasteiger partial charge in [-0.2, -0.15) is 5.10 Å². The Bertz CT molecular complexity index is 944. The smallest absolute Gasteiger partial charge is 0.252 e. The number of hydrogen-bond donors (Lipinski definition) is 1. The van der Waals surface area contributed by atoms with Crippen LogP contribution in [0.2, 0.25) is 0 Å². The molecule has 0 aromatic carbocycles. The van der Waals surface area contributed by atoms with Crippen molar-refractivity contribution < 1.29 is 9.53 Å². The van der Waals surface area contributed by atoms with Crippen LogP contribution in [0, 0.1) is 6.92 Å². The minimum atomic E-state index is -0.240. The number of rotatable bonds is 3. The molecule has 4 rings (SSSR count). The van der Waals surface area contributed by atoms with Gasteiger partial charge in [-0.1, -0.05) is 0 Å². The first-order chi connectivity index (χ1) is 12.0. The third-order valence-corrected chi connectivity index (χ3v) is 4.60. The molecule has 1 fully saturated rings. The molecule has 4 heterocycles. The summed E-state index contributed by atoms with van der Waals surface area (Å²) >= 11 is 0. The van der Waals surface area contributed by atoms with Crippen LogP contribution in [-0.2, 0) is 18.8 Å². The van der Waals surface area contributed by atoms with Crippen molar-refractivity contribution in [2.75, 3.05) is 6.61 Å². The van der Waals surface area contributed by atoms with Gasteiger partial charge in [-0.3, -0.25) is 9.48 Å². The fraction of sp³-hybridized carbons (Fsp3) is 0.412. The zero-order valence-electron chi connectivity index (χ0n) is 14.4. The second-order valence-corrected chi connectivity index (χ2v) is 6.37. The number of nitrogens with one attached hydrogen (secondary N) is 1. The molecule has 25 heavy (non-hydrogen) atoms. The molecule has 130 valence electrons. The van der Waals surface area contributed by atoms with Crippen molar-refractivity contribution in [2.24, 2.45) is 14.1 Å². The van der Waals surface area contributed by atoms with Crippen LogP contribution >= 0.6 is 0 Å². The highest BCUT2D eigenvalue weighted by Gasteiger charge is 2.34. The summed E-state index contributed by atoms with van der Waals surface area (Å²) in [7, 11) is 3.74. The van der Waals surface area contributed by atoms with E-state index < -0.39 is 0 Å². The number of amides is 1. The predicted molar refractivity (Wildman–Crippen MR) is 91.0 cm³/mol. The first-order valence-electron chi connectivity index (χ1n) is 8.23. The Labute approximate surface area is 144 Å². The summed E-state index contributed by atoms with van der Waals surface area (Å²) in [6, 6.07) is 1.68. The number of pyridine rings is 1. The SMILES string of the molecule is Cc1cc(C(=O)N[C@H]2CCO[C@@H]2c2nccn2C)c2cnn(C)c2n1. The molecule has 3 aromatic rings. The number of nitrogens with zero attached hydrogens (tertiary/aromatic N) is 5. The van der Waals surface area contributed by atoms with Crippen LogP contribution in [0.25, 0.3) is 11.0 Å². The Kier molecular flexibility index (Phi) is 3.76. The quantitative estimate of drug-likeness (QED) is 0.776. The Morgan fingerprint density at radius 3 is 3.00 bits per heavy atom. The molecule has 0 unspecified atom stereocenters. The van der Waals surface area contributed by atoms with Crippen LogP contribution in [-0.4, -0.2) is 42.9 Å². The second kappa shape index (κ2) is 5.96. The highest BCUT2D eigenvalue weighted by Crippen LogP contribution is 2.28. The topological polar surface area (TPSA) is 86.9 Å². The van der Waals surface area contributed by atoms with Crippen molar-refractivity contribution in [1.82, 2.24) is 29.6 Å². The molecule has 0 bridgehead atoms. The molecule has 8 heteroatoms. The van der Waals surface area contributed by atoms with E-state index in [0.29, 0.717) is 17.8 Å². The number of imidazole rings is 1. The highest BCUT2D eigenvalue weighted by atomic mass is 16.5. The van der Waals surface area contributed by atoms with E-state index in [2.05, 4.69) is 20.4 Å². The van der Waals surface area contributed by atoms with Gasteiger partial charge in [0, 0.05) is 38.8 Å². The van der Waals surface area contributed by atoms with Crippen molar-refractivity contribution in [3.63, 3.8) is 0 Å². The molecule has 0 spiro atoms. The van der Waals surface area contributed by atoms with Gasteiger partial charge >= 0.3 is 0 Å². The zero-order valence-corrected chi connectivity index (χ0v) is 14.4. The van der Waals surface area contributed by atoms with Gasteiger partial charge in [0.25, 0.3) is 5.91 Å². The standard InChI is InChI=1S/C17H20N6O2/c1-10-8-11(12-9-19-23(3)15(12)20-10)17(24)21-13-4-7-25-14(13)16-18-5-6-22(16)2/h5-6,8-9,13-14H,4,7H2,1-3H3,(H,21,24)/t13-,14-/m0/s1. The van der Waals surface area contributed by atoms with E-state index in [-0.39, 0.29) is 18.1 Å². The summed E-state index contributed by atoms with van der Waals surface area (Å²) in [4.78, 5) is 21.7. The van der Waals surface area contributed by atoms with E-state index >= 15 is 0 Å². The number of carbonyl (C=O) groups excluding carboxylic acids is 1. The van der Waals surface area contributed by atoms with Gasteiger partial charge in [0.2, 0.25) is 0 Å². The van der Waals surface area contributed by atoms with Crippen molar-refractivity contribution in [3.8, 4) is 0 Å². The molecule has 1 saturated heterocycles. The number of ether oxygens (including phenoxy) is 1. The number of aryl methyl sites for hydroxylation is 3. The first-order valence-corrected chi connectivity index (χ1v) is 8.23. The van der Waals surface area contributed by atoms with Crippen molar-refractivity contribution in [2.45, 2.75) is 25.5 Å². The number of carbonyl (C=O) groups is 1. The summed E-state index contributed by atoms with van der Waals surface area (Å²) in [6.45, 7) is 2.47. The molecule has 2 atom stereocenters. The van der Waals surface area contributed by atoms with Crippen LogP contribution in [0.3, 0.4) is 0 Å². The molecule has 1 aliphatic rings. The highest BCUT2D eigenvalue weighted by molar-refractivity contribution is 6.05. The first kappa shape index (κ1) is 15.8. The molecule has 1 N–H and O–H groups in total. The van der Waals surface area contributed by atoms with E-state index in [1.807, 2.05) is 31.8 Å². The normalized spacial score (nSPS) is 20.3. The lowest BCUT2D eigenvalue weighted by molar-refractivity contribution is 0.0780. The minimum Gasteiger partial charge on any atom is -0.368 e. The Hall–Kier alpha value is -2.74. The lowest BCUT2D eigenvalue weighted by atomic mass is 10.1. The van der Waals surface area contributed by atoms with E-state index in [0.717, 1.165) is 23.3 Å². The average Bonchev–Trinajstić information content (AvgIpc) is 3.28. The van der Waals surface area contributed by atoms with E-state index in [1.165, 1.54) is 0 Å². The maximum absolute atomic E-state index is 12.9. The van der Waals surface area contributed by atoms with Gasteiger partial charge in [-0.25, -0.2) is 9.97 Å². The van der Waals surface area contributed by atoms with Gasteiger partial charge in [-0.15, -0.1) is 0 Å². The molecule has 0 radical (unpaired) electrons. The fourth-order valence-corrected chi connectivity index (χ4v) is 3.32. The van der Waals surface area contributed by atoms with E-state index in [1.54, 1.807) is 23.1 Å². The van der Waals surface area contributed by atoms with Crippen molar-refractivity contribution in [3.05, 3.63) is 41.7 Å². The zero-order chi connectivity index (χ0) is 17.6. The molecule has 1 aliphatic heterocycles. The molecule has 8 nitrogen and oxygen atoms in total. The summed E-state index contributed by atoms with van der Waals surface area (Å²) in [5, 5.41) is 8.07. The third-order valence-electron chi connectivity index (χ3n) is 4.60. The van der Waals surface area contributed by atoms with Gasteiger partial charge in [-0.05, 0) is 19.4 Å². The molecule has 0 aliphatic carbocycles. The third kappa shape index (κ3) is 2.68. The molecule has 0 saturated carbocycles. The van der Waals surface area contributed by atoms with Gasteiger partial charge in [0.1, 0.15) is 11.9 Å². The van der Waals surface area contributed by atoms with Crippen molar-refractivity contribution in [1.29, 1.82) is 0 Å². The molecular weight excluding hydrogens is 320 g/mol. The van der Waals surface area contributed by atoms with Crippen LogP contribution in [0.1, 0.15) is 34.4 Å². The van der Waals surface area contributed by atoms with Gasteiger partial charge in [0.15, 0.2) is 5.65 Å². The Balaban J connectivity index is 1.63. The minimum absolute atomic E-state index is 0.117. The fourth-order valence-electron chi connectivity index (χ4n) is 3.32. The van der Waals surface area contributed by atoms with Gasteiger partial charge in [0.05, 0.1) is 23.2 Å². The van der Waals surface area contributed by atoms with Crippen LogP contribution in [0.15, 0.2) is 24.7 Å².